The third-order valence-electron chi connectivity index (χ3n) is 5.19. The maximum absolute atomic E-state index is 13.0. The fraction of sp³-hybridized carbons (Fsp3) is 0.444. The lowest BCUT2D eigenvalue weighted by Crippen LogP contribution is -2.39. The van der Waals surface area contributed by atoms with Crippen molar-refractivity contribution in [3.63, 3.8) is 0 Å². The van der Waals surface area contributed by atoms with Crippen molar-refractivity contribution in [3.8, 4) is 0 Å². The van der Waals surface area contributed by atoms with Gasteiger partial charge in [-0.25, -0.2) is 4.90 Å². The van der Waals surface area contributed by atoms with Crippen LogP contribution < -0.4 is 4.90 Å². The molecule has 2 fully saturated rings. The summed E-state index contributed by atoms with van der Waals surface area (Å²) < 4.78 is 5.85. The Morgan fingerprint density at radius 2 is 1.73 bits per heavy atom. The predicted octanol–water partition coefficient (Wildman–Crippen LogP) is 2.44. The highest BCUT2D eigenvalue weighted by Crippen LogP contribution is 2.52. The Bertz CT molecular complexity index is 728. The van der Waals surface area contributed by atoms with Gasteiger partial charge in [-0.05, 0) is 38.8 Å². The Kier molecular flexibility index (Phi) is 2.54. The van der Waals surface area contributed by atoms with Gasteiger partial charge in [0, 0.05) is 0 Å². The molecular formula is C18H19NO3. The standard InChI is InChI=1S/C18H19NO3/c1-9-7-10(2)15(11(3)8-9)19-16(20)13-12-5-6-18(4,22-12)14(13)17(19)21/h5-8,12-14H,1-4H3/t12-,13-,14+,18-/m0/s1. The van der Waals surface area contributed by atoms with E-state index in [0.29, 0.717) is 0 Å². The molecule has 0 N–H and O–H groups in total. The molecule has 3 aliphatic rings. The lowest BCUT2D eigenvalue weighted by atomic mass is 9.78. The second kappa shape index (κ2) is 4.07. The molecule has 2 bridgehead atoms. The highest BCUT2D eigenvalue weighted by molar-refractivity contribution is 6.24. The first-order valence-corrected chi connectivity index (χ1v) is 7.66. The monoisotopic (exact) mass is 297 g/mol. The highest BCUT2D eigenvalue weighted by atomic mass is 16.5. The summed E-state index contributed by atoms with van der Waals surface area (Å²) in [4.78, 5) is 27.3. The van der Waals surface area contributed by atoms with Gasteiger partial charge >= 0.3 is 0 Å². The van der Waals surface area contributed by atoms with Crippen molar-refractivity contribution < 1.29 is 14.3 Å². The number of hydrogen-bond donors (Lipinski definition) is 0. The molecule has 0 unspecified atom stereocenters. The van der Waals surface area contributed by atoms with Crippen LogP contribution in [0.2, 0.25) is 0 Å². The van der Waals surface area contributed by atoms with E-state index in [-0.39, 0.29) is 23.8 Å². The van der Waals surface area contributed by atoms with Crippen molar-refractivity contribution in [2.45, 2.75) is 39.4 Å². The van der Waals surface area contributed by atoms with Gasteiger partial charge in [-0.1, -0.05) is 29.8 Å². The lowest BCUT2D eigenvalue weighted by molar-refractivity contribution is -0.126. The molecule has 4 rings (SSSR count). The molecule has 1 aromatic carbocycles. The van der Waals surface area contributed by atoms with Crippen molar-refractivity contribution in [1.82, 2.24) is 0 Å². The summed E-state index contributed by atoms with van der Waals surface area (Å²) in [5.74, 6) is -1.01. The number of anilines is 1. The van der Waals surface area contributed by atoms with Crippen LogP contribution in [0.3, 0.4) is 0 Å². The molecule has 4 heteroatoms. The van der Waals surface area contributed by atoms with Crippen molar-refractivity contribution in [2.75, 3.05) is 4.90 Å². The van der Waals surface area contributed by atoms with Crippen LogP contribution in [0.4, 0.5) is 5.69 Å². The minimum Gasteiger partial charge on any atom is -0.362 e. The maximum Gasteiger partial charge on any atom is 0.241 e. The number of hydrogen-bond acceptors (Lipinski definition) is 3. The van der Waals surface area contributed by atoms with E-state index in [0.717, 1.165) is 22.4 Å². The molecule has 0 aromatic heterocycles. The third kappa shape index (κ3) is 1.51. The third-order valence-corrected chi connectivity index (χ3v) is 5.19. The van der Waals surface area contributed by atoms with Crippen LogP contribution in [0, 0.1) is 32.6 Å². The Morgan fingerprint density at radius 3 is 2.32 bits per heavy atom. The van der Waals surface area contributed by atoms with E-state index in [1.165, 1.54) is 4.90 Å². The number of fused-ring (bicyclic) bond motifs is 5. The van der Waals surface area contributed by atoms with Gasteiger partial charge in [-0.15, -0.1) is 0 Å². The SMILES string of the molecule is Cc1cc(C)c(N2C(=O)[C@H]3[C@@H]4C=C[C@](C)(O4)[C@H]3C2=O)c(C)c1. The molecule has 3 aliphatic heterocycles. The van der Waals surface area contributed by atoms with E-state index < -0.39 is 11.5 Å². The van der Waals surface area contributed by atoms with Crippen LogP contribution in [0.25, 0.3) is 0 Å². The first kappa shape index (κ1) is 13.7. The smallest absolute Gasteiger partial charge is 0.241 e. The number of amides is 2. The summed E-state index contributed by atoms with van der Waals surface area (Å²) in [7, 11) is 0. The van der Waals surface area contributed by atoms with Crippen molar-refractivity contribution in [2.24, 2.45) is 11.8 Å². The predicted molar refractivity (Wildman–Crippen MR) is 82.5 cm³/mol. The number of ether oxygens (including phenoxy) is 1. The highest BCUT2D eigenvalue weighted by Gasteiger charge is 2.66. The van der Waals surface area contributed by atoms with Crippen LogP contribution in [0.15, 0.2) is 24.3 Å². The molecule has 2 saturated heterocycles. The summed E-state index contributed by atoms with van der Waals surface area (Å²) >= 11 is 0. The summed E-state index contributed by atoms with van der Waals surface area (Å²) in [5, 5.41) is 0. The fourth-order valence-corrected chi connectivity index (χ4v) is 4.40. The number of aryl methyl sites for hydroxylation is 3. The second-order valence-electron chi connectivity index (χ2n) is 6.89. The zero-order chi connectivity index (χ0) is 15.8. The molecule has 1 aromatic rings. The molecule has 2 amide bonds. The normalized spacial score (nSPS) is 35.6. The Balaban J connectivity index is 1.84. The Labute approximate surface area is 129 Å². The van der Waals surface area contributed by atoms with Crippen LogP contribution in [-0.4, -0.2) is 23.5 Å². The van der Waals surface area contributed by atoms with E-state index >= 15 is 0 Å². The van der Waals surface area contributed by atoms with Gasteiger partial charge in [-0.3, -0.25) is 9.59 Å². The van der Waals surface area contributed by atoms with E-state index in [1.54, 1.807) is 0 Å². The zero-order valence-corrected chi connectivity index (χ0v) is 13.2. The number of rotatable bonds is 1. The number of imide groups is 1. The van der Waals surface area contributed by atoms with E-state index in [2.05, 4.69) is 0 Å². The summed E-state index contributed by atoms with van der Waals surface area (Å²) in [6, 6.07) is 4.03. The van der Waals surface area contributed by atoms with Gasteiger partial charge in [0.15, 0.2) is 0 Å². The summed E-state index contributed by atoms with van der Waals surface area (Å²) in [5.41, 5.74) is 3.17. The van der Waals surface area contributed by atoms with E-state index in [4.69, 9.17) is 4.74 Å². The van der Waals surface area contributed by atoms with Gasteiger partial charge in [0.05, 0.1) is 29.2 Å². The largest absolute Gasteiger partial charge is 0.362 e. The minimum absolute atomic E-state index is 0.122. The molecule has 22 heavy (non-hydrogen) atoms. The first-order chi connectivity index (χ1) is 10.3. The number of carbonyl (C=O) groups is 2. The maximum atomic E-state index is 13.0. The molecule has 3 heterocycles. The van der Waals surface area contributed by atoms with Crippen molar-refractivity contribution >= 4 is 17.5 Å². The number of benzene rings is 1. The van der Waals surface area contributed by atoms with Crippen LogP contribution in [-0.2, 0) is 14.3 Å². The number of nitrogens with zero attached hydrogens (tertiary/aromatic N) is 1. The Hall–Kier alpha value is -1.94. The average molecular weight is 297 g/mol. The quantitative estimate of drug-likeness (QED) is 0.591. The lowest BCUT2D eigenvalue weighted by Gasteiger charge is -2.25. The van der Waals surface area contributed by atoms with E-state index in [9.17, 15) is 9.59 Å². The average Bonchev–Trinajstić information content (AvgIpc) is 3.01. The minimum atomic E-state index is -0.636. The van der Waals surface area contributed by atoms with Gasteiger partial charge in [0.25, 0.3) is 0 Å². The van der Waals surface area contributed by atoms with Crippen LogP contribution in [0.5, 0.6) is 0 Å². The first-order valence-electron chi connectivity index (χ1n) is 7.66. The molecule has 0 spiro atoms. The molecular weight excluding hydrogens is 278 g/mol. The zero-order valence-electron chi connectivity index (χ0n) is 13.2. The van der Waals surface area contributed by atoms with Crippen LogP contribution in [0.1, 0.15) is 23.6 Å². The molecule has 4 nitrogen and oxygen atoms in total. The van der Waals surface area contributed by atoms with Gasteiger partial charge in [0.1, 0.15) is 0 Å². The van der Waals surface area contributed by atoms with Gasteiger partial charge in [0.2, 0.25) is 11.8 Å². The topological polar surface area (TPSA) is 46.6 Å². The van der Waals surface area contributed by atoms with Crippen LogP contribution >= 0.6 is 0 Å². The number of carbonyl (C=O) groups excluding carboxylic acids is 2. The molecule has 114 valence electrons. The second-order valence-corrected chi connectivity index (χ2v) is 6.89. The van der Waals surface area contributed by atoms with Gasteiger partial charge < -0.3 is 4.74 Å². The molecule has 4 atom stereocenters. The summed E-state index contributed by atoms with van der Waals surface area (Å²) in [6.07, 6.45) is 3.59. The molecule has 0 radical (unpaired) electrons. The van der Waals surface area contributed by atoms with Crippen molar-refractivity contribution in [3.05, 3.63) is 41.0 Å². The summed E-state index contributed by atoms with van der Waals surface area (Å²) in [6.45, 7) is 7.83. The fourth-order valence-electron chi connectivity index (χ4n) is 4.40. The van der Waals surface area contributed by atoms with E-state index in [1.807, 2.05) is 52.0 Å². The molecule has 0 saturated carbocycles. The van der Waals surface area contributed by atoms with Gasteiger partial charge in [-0.2, -0.15) is 0 Å². The van der Waals surface area contributed by atoms with Crippen molar-refractivity contribution in [1.29, 1.82) is 0 Å². The Morgan fingerprint density at radius 1 is 1.09 bits per heavy atom. The molecule has 0 aliphatic carbocycles.